The summed E-state index contributed by atoms with van der Waals surface area (Å²) in [4.78, 5) is 14.2. The number of likely N-dealkylation sites (N-methyl/N-ethyl adjacent to an activating group) is 1. The fourth-order valence-corrected chi connectivity index (χ4v) is 3.00. The summed E-state index contributed by atoms with van der Waals surface area (Å²) in [6.45, 7) is 1.74. The van der Waals surface area contributed by atoms with Crippen LogP contribution < -0.4 is 5.32 Å². The van der Waals surface area contributed by atoms with Crippen LogP contribution in [0.3, 0.4) is 0 Å². The summed E-state index contributed by atoms with van der Waals surface area (Å²) in [7, 11) is 3.54. The highest BCUT2D eigenvalue weighted by Crippen LogP contribution is 2.26. The average Bonchev–Trinajstić information content (AvgIpc) is 2.89. The van der Waals surface area contributed by atoms with Gasteiger partial charge >= 0.3 is 5.97 Å². The minimum Gasteiger partial charge on any atom is -0.468 e. The van der Waals surface area contributed by atoms with Crippen LogP contribution in [0, 0.1) is 0 Å². The maximum Gasteiger partial charge on any atom is 0.327 e. The Balaban J connectivity index is 2.05. The van der Waals surface area contributed by atoms with Crippen LogP contribution in [0.25, 0.3) is 0 Å². The van der Waals surface area contributed by atoms with E-state index in [0.717, 1.165) is 19.5 Å². The van der Waals surface area contributed by atoms with Gasteiger partial charge in [-0.15, -0.1) is 0 Å². The molecule has 2 aliphatic rings. The Morgan fingerprint density at radius 3 is 2.62 bits per heavy atom. The molecule has 1 N–H and O–H groups in total. The van der Waals surface area contributed by atoms with Gasteiger partial charge in [0.2, 0.25) is 0 Å². The molecule has 0 bridgehead atoms. The van der Waals surface area contributed by atoms with Gasteiger partial charge in [0, 0.05) is 19.1 Å². The summed E-state index contributed by atoms with van der Waals surface area (Å²) in [5.41, 5.74) is -0.446. The lowest BCUT2D eigenvalue weighted by molar-refractivity contribution is -0.148. The van der Waals surface area contributed by atoms with Gasteiger partial charge in [-0.2, -0.15) is 0 Å². The number of nitrogens with one attached hydrogen (secondary N) is 1. The first-order valence-corrected chi connectivity index (χ1v) is 6.21. The summed E-state index contributed by atoms with van der Waals surface area (Å²) < 4.78 is 4.97. The Hall–Kier alpha value is -0.610. The van der Waals surface area contributed by atoms with E-state index in [0.29, 0.717) is 6.04 Å². The molecular formula is C12H22N2O2. The van der Waals surface area contributed by atoms with Crippen LogP contribution in [0.4, 0.5) is 0 Å². The van der Waals surface area contributed by atoms with Gasteiger partial charge in [-0.05, 0) is 26.3 Å². The van der Waals surface area contributed by atoms with Crippen LogP contribution in [0.5, 0.6) is 0 Å². The van der Waals surface area contributed by atoms with Gasteiger partial charge in [0.25, 0.3) is 0 Å². The summed E-state index contributed by atoms with van der Waals surface area (Å²) in [6.07, 6.45) is 5.83. The van der Waals surface area contributed by atoms with Crippen molar-refractivity contribution < 1.29 is 9.53 Å². The quantitative estimate of drug-likeness (QED) is 0.722. The first-order valence-electron chi connectivity index (χ1n) is 6.21. The minimum atomic E-state index is -0.446. The number of ether oxygens (including phenoxy) is 1. The second-order valence-corrected chi connectivity index (χ2v) is 5.19. The normalized spacial score (nSPS) is 32.1. The van der Waals surface area contributed by atoms with Crippen LogP contribution in [0.2, 0.25) is 0 Å². The number of likely N-dealkylation sites (tertiary alicyclic amines) is 1. The fourth-order valence-electron chi connectivity index (χ4n) is 3.00. The average molecular weight is 226 g/mol. The molecule has 1 saturated heterocycles. The Kier molecular flexibility index (Phi) is 3.50. The van der Waals surface area contributed by atoms with Crippen molar-refractivity contribution in [2.75, 3.05) is 27.2 Å². The number of hydrogen-bond acceptors (Lipinski definition) is 4. The second-order valence-electron chi connectivity index (χ2n) is 5.19. The predicted octanol–water partition coefficient (Wildman–Crippen LogP) is 0.766. The number of carbonyl (C=O) groups is 1. The molecule has 0 amide bonds. The Morgan fingerprint density at radius 1 is 1.44 bits per heavy atom. The van der Waals surface area contributed by atoms with Crippen molar-refractivity contribution in [2.45, 2.75) is 43.7 Å². The monoisotopic (exact) mass is 226 g/mol. The molecule has 0 aromatic carbocycles. The van der Waals surface area contributed by atoms with Gasteiger partial charge in [0.05, 0.1) is 7.11 Å². The summed E-state index contributed by atoms with van der Waals surface area (Å²) in [5, 5.41) is 3.56. The molecule has 16 heavy (non-hydrogen) atoms. The first kappa shape index (κ1) is 11.9. The number of methoxy groups -OCH3 is 1. The van der Waals surface area contributed by atoms with Crippen LogP contribution in [0.1, 0.15) is 32.1 Å². The molecule has 1 heterocycles. The molecule has 92 valence electrons. The summed E-state index contributed by atoms with van der Waals surface area (Å²) >= 11 is 0. The number of carbonyl (C=O) groups excluding carboxylic acids is 1. The number of hydrogen-bond donors (Lipinski definition) is 1. The molecular weight excluding hydrogens is 204 g/mol. The zero-order valence-electron chi connectivity index (χ0n) is 10.3. The van der Waals surface area contributed by atoms with E-state index < -0.39 is 5.54 Å². The summed E-state index contributed by atoms with van der Waals surface area (Å²) in [5.74, 6) is -0.0938. The third-order valence-corrected chi connectivity index (χ3v) is 3.87. The molecule has 2 rings (SSSR count). The van der Waals surface area contributed by atoms with Crippen molar-refractivity contribution in [3.63, 3.8) is 0 Å². The predicted molar refractivity (Wildman–Crippen MR) is 62.3 cm³/mol. The van der Waals surface area contributed by atoms with Gasteiger partial charge in [0.1, 0.15) is 5.54 Å². The van der Waals surface area contributed by atoms with Crippen molar-refractivity contribution in [2.24, 2.45) is 0 Å². The lowest BCUT2D eigenvalue weighted by Gasteiger charge is -2.30. The van der Waals surface area contributed by atoms with E-state index in [-0.39, 0.29) is 5.97 Å². The van der Waals surface area contributed by atoms with Gasteiger partial charge in [0.15, 0.2) is 0 Å². The van der Waals surface area contributed by atoms with E-state index in [2.05, 4.69) is 17.3 Å². The molecule has 1 atom stereocenters. The molecule has 1 aliphatic heterocycles. The van der Waals surface area contributed by atoms with Crippen LogP contribution in [0.15, 0.2) is 0 Å². The van der Waals surface area contributed by atoms with E-state index in [1.165, 1.54) is 32.8 Å². The van der Waals surface area contributed by atoms with E-state index in [1.807, 2.05) is 0 Å². The lowest BCUT2D eigenvalue weighted by Crippen LogP contribution is -2.57. The van der Waals surface area contributed by atoms with E-state index in [1.54, 1.807) is 0 Å². The molecule has 0 radical (unpaired) electrons. The Bertz CT molecular complexity index is 264. The van der Waals surface area contributed by atoms with Crippen molar-refractivity contribution in [1.82, 2.24) is 10.2 Å². The van der Waals surface area contributed by atoms with Crippen molar-refractivity contribution in [3.8, 4) is 0 Å². The van der Waals surface area contributed by atoms with Crippen molar-refractivity contribution >= 4 is 5.97 Å². The van der Waals surface area contributed by atoms with E-state index >= 15 is 0 Å². The number of rotatable bonds is 3. The van der Waals surface area contributed by atoms with Crippen molar-refractivity contribution in [3.05, 3.63) is 0 Å². The molecule has 4 heteroatoms. The third-order valence-electron chi connectivity index (χ3n) is 3.87. The van der Waals surface area contributed by atoms with Gasteiger partial charge in [-0.25, -0.2) is 0 Å². The Morgan fingerprint density at radius 2 is 2.12 bits per heavy atom. The molecule has 1 saturated carbocycles. The largest absolute Gasteiger partial charge is 0.468 e. The van der Waals surface area contributed by atoms with E-state index in [9.17, 15) is 4.79 Å². The number of esters is 1. The summed E-state index contributed by atoms with van der Waals surface area (Å²) in [6, 6.07) is 0.505. The SMILES string of the molecule is COC(=O)C1(NC2CCCC2)CCN(C)C1. The van der Waals surface area contributed by atoms with E-state index in [4.69, 9.17) is 4.74 Å². The smallest absolute Gasteiger partial charge is 0.327 e. The number of nitrogens with zero attached hydrogens (tertiary/aromatic N) is 1. The maximum absolute atomic E-state index is 12.0. The zero-order chi connectivity index (χ0) is 11.6. The second kappa shape index (κ2) is 4.72. The minimum absolute atomic E-state index is 0.0938. The van der Waals surface area contributed by atoms with Crippen LogP contribution >= 0.6 is 0 Å². The van der Waals surface area contributed by atoms with Crippen LogP contribution in [-0.2, 0) is 9.53 Å². The lowest BCUT2D eigenvalue weighted by atomic mass is 9.97. The molecule has 0 aromatic rings. The van der Waals surface area contributed by atoms with Gasteiger partial charge in [-0.3, -0.25) is 10.1 Å². The third kappa shape index (κ3) is 2.23. The van der Waals surface area contributed by atoms with Crippen LogP contribution in [-0.4, -0.2) is 49.7 Å². The standard InChI is InChI=1S/C12H22N2O2/c1-14-8-7-12(9-14,11(15)16-2)13-10-5-3-4-6-10/h10,13H,3-9H2,1-2H3. The zero-order valence-corrected chi connectivity index (χ0v) is 10.3. The Labute approximate surface area is 97.3 Å². The molecule has 1 unspecified atom stereocenters. The molecule has 2 fully saturated rings. The fraction of sp³-hybridized carbons (Fsp3) is 0.917. The highest BCUT2D eigenvalue weighted by atomic mass is 16.5. The topological polar surface area (TPSA) is 41.6 Å². The van der Waals surface area contributed by atoms with Gasteiger partial charge < -0.3 is 9.64 Å². The first-order chi connectivity index (χ1) is 7.66. The molecule has 1 aliphatic carbocycles. The molecule has 0 aromatic heterocycles. The highest BCUT2D eigenvalue weighted by Gasteiger charge is 2.45. The van der Waals surface area contributed by atoms with Crippen molar-refractivity contribution in [1.29, 1.82) is 0 Å². The van der Waals surface area contributed by atoms with Gasteiger partial charge in [-0.1, -0.05) is 12.8 Å². The molecule has 4 nitrogen and oxygen atoms in total. The highest BCUT2D eigenvalue weighted by molar-refractivity contribution is 5.81. The molecule has 0 spiro atoms. The maximum atomic E-state index is 12.0.